The molecule has 0 atom stereocenters. The third-order valence-electron chi connectivity index (χ3n) is 3.69. The van der Waals surface area contributed by atoms with E-state index in [1.807, 2.05) is 36.4 Å². The van der Waals surface area contributed by atoms with Gasteiger partial charge in [-0.2, -0.15) is 0 Å². The predicted molar refractivity (Wildman–Crippen MR) is 85.5 cm³/mol. The van der Waals surface area contributed by atoms with Crippen molar-refractivity contribution < 1.29 is 9.90 Å². The number of aryl methyl sites for hydroxylation is 1. The minimum absolute atomic E-state index is 0.0502. The van der Waals surface area contributed by atoms with Crippen LogP contribution in [0.4, 0.5) is 0 Å². The fraction of sp³-hybridized carbons (Fsp3) is 0.105. The van der Waals surface area contributed by atoms with Gasteiger partial charge in [-0.3, -0.25) is 4.79 Å². The molecule has 3 aromatic rings. The molecule has 2 heteroatoms. The third-order valence-corrected chi connectivity index (χ3v) is 3.69. The second kappa shape index (κ2) is 5.41. The van der Waals surface area contributed by atoms with Crippen molar-refractivity contribution in [2.24, 2.45) is 0 Å². The van der Waals surface area contributed by atoms with Crippen LogP contribution in [0.5, 0.6) is 0 Å². The first-order chi connectivity index (χ1) is 10.1. The van der Waals surface area contributed by atoms with Gasteiger partial charge < -0.3 is 5.11 Å². The Morgan fingerprint density at radius 1 is 0.952 bits per heavy atom. The first-order valence-corrected chi connectivity index (χ1v) is 6.94. The molecule has 0 spiro atoms. The number of aliphatic carboxylic acids is 1. The number of fused-ring (bicyclic) bond motifs is 1. The van der Waals surface area contributed by atoms with Crippen LogP contribution in [0.3, 0.4) is 0 Å². The molecule has 0 aliphatic carbocycles. The molecule has 3 aromatic carbocycles. The van der Waals surface area contributed by atoms with E-state index in [1.165, 1.54) is 5.56 Å². The largest absolute Gasteiger partial charge is 0.481 e. The minimum atomic E-state index is -0.802. The topological polar surface area (TPSA) is 37.3 Å². The zero-order valence-corrected chi connectivity index (χ0v) is 11.8. The Balaban J connectivity index is 2.24. The lowest BCUT2D eigenvalue weighted by atomic mass is 9.93. The third kappa shape index (κ3) is 2.65. The Morgan fingerprint density at radius 3 is 2.43 bits per heavy atom. The van der Waals surface area contributed by atoms with E-state index in [0.717, 1.165) is 27.5 Å². The van der Waals surface area contributed by atoms with Crippen molar-refractivity contribution in [3.63, 3.8) is 0 Å². The van der Waals surface area contributed by atoms with E-state index in [4.69, 9.17) is 5.11 Å². The Bertz CT molecular complexity index is 819. The van der Waals surface area contributed by atoms with Gasteiger partial charge in [-0.25, -0.2) is 0 Å². The molecule has 0 fully saturated rings. The van der Waals surface area contributed by atoms with Gasteiger partial charge in [0.25, 0.3) is 0 Å². The smallest absolute Gasteiger partial charge is 0.307 e. The second-order valence-corrected chi connectivity index (χ2v) is 5.26. The normalized spacial score (nSPS) is 10.7. The van der Waals surface area contributed by atoms with Crippen LogP contribution in [0, 0.1) is 6.92 Å². The molecule has 0 amide bonds. The Kier molecular flexibility index (Phi) is 3.44. The Labute approximate surface area is 123 Å². The summed E-state index contributed by atoms with van der Waals surface area (Å²) in [5.74, 6) is -0.802. The van der Waals surface area contributed by atoms with Crippen LogP contribution < -0.4 is 0 Å². The number of rotatable bonds is 3. The highest BCUT2D eigenvalue weighted by molar-refractivity contribution is 5.99. The van der Waals surface area contributed by atoms with Crippen LogP contribution in [0.25, 0.3) is 21.9 Å². The average molecular weight is 276 g/mol. The molecule has 0 aliphatic heterocycles. The molecule has 0 aromatic heterocycles. The monoisotopic (exact) mass is 276 g/mol. The number of hydrogen-bond donors (Lipinski definition) is 1. The van der Waals surface area contributed by atoms with E-state index in [-0.39, 0.29) is 6.42 Å². The lowest BCUT2D eigenvalue weighted by Gasteiger charge is -2.11. The molecule has 0 bridgehead atoms. The van der Waals surface area contributed by atoms with E-state index in [1.54, 1.807) is 0 Å². The summed E-state index contributed by atoms with van der Waals surface area (Å²) in [4.78, 5) is 11.0. The quantitative estimate of drug-likeness (QED) is 0.767. The molecule has 0 aliphatic rings. The van der Waals surface area contributed by atoms with Crippen LogP contribution in [-0.2, 0) is 11.2 Å². The maximum atomic E-state index is 11.0. The van der Waals surface area contributed by atoms with Gasteiger partial charge in [-0.05, 0) is 34.4 Å². The van der Waals surface area contributed by atoms with Crippen molar-refractivity contribution in [3.05, 3.63) is 71.8 Å². The summed E-state index contributed by atoms with van der Waals surface area (Å²) in [6.07, 6.45) is 0.0502. The van der Waals surface area contributed by atoms with Gasteiger partial charge in [-0.15, -0.1) is 0 Å². The number of carboxylic acid groups (broad SMARTS) is 1. The zero-order chi connectivity index (χ0) is 14.8. The van der Waals surface area contributed by atoms with E-state index < -0.39 is 5.97 Å². The molecular formula is C19H16O2. The van der Waals surface area contributed by atoms with Crippen LogP contribution in [-0.4, -0.2) is 11.1 Å². The predicted octanol–water partition coefficient (Wildman–Crippen LogP) is 4.44. The standard InChI is InChI=1S/C19H16O2/c1-13-5-4-6-14(11-13)17-10-9-15(12-19(20)21)16-7-2-3-8-18(16)17/h2-11H,12H2,1H3,(H,20,21). The lowest BCUT2D eigenvalue weighted by Crippen LogP contribution is -2.01. The highest BCUT2D eigenvalue weighted by Crippen LogP contribution is 2.31. The average Bonchev–Trinajstić information content (AvgIpc) is 2.47. The van der Waals surface area contributed by atoms with Crippen molar-refractivity contribution in [2.45, 2.75) is 13.3 Å². The van der Waals surface area contributed by atoms with E-state index in [9.17, 15) is 4.79 Å². The van der Waals surface area contributed by atoms with Crippen LogP contribution in [0.2, 0.25) is 0 Å². The molecular weight excluding hydrogens is 260 g/mol. The molecule has 0 unspecified atom stereocenters. The van der Waals surface area contributed by atoms with E-state index in [2.05, 4.69) is 31.2 Å². The summed E-state index contributed by atoms with van der Waals surface area (Å²) >= 11 is 0. The fourth-order valence-electron chi connectivity index (χ4n) is 2.74. The number of hydrogen-bond acceptors (Lipinski definition) is 1. The molecule has 0 saturated carbocycles. The number of carboxylic acids is 1. The van der Waals surface area contributed by atoms with Gasteiger partial charge in [0.1, 0.15) is 0 Å². The maximum Gasteiger partial charge on any atom is 0.307 e. The first kappa shape index (κ1) is 13.4. The molecule has 21 heavy (non-hydrogen) atoms. The molecule has 3 rings (SSSR count). The highest BCUT2D eigenvalue weighted by Gasteiger charge is 2.09. The molecule has 0 radical (unpaired) electrons. The molecule has 1 N–H and O–H groups in total. The summed E-state index contributed by atoms with van der Waals surface area (Å²) in [6, 6.07) is 20.3. The van der Waals surface area contributed by atoms with Crippen LogP contribution in [0.1, 0.15) is 11.1 Å². The van der Waals surface area contributed by atoms with Gasteiger partial charge in [0.05, 0.1) is 6.42 Å². The molecule has 0 saturated heterocycles. The lowest BCUT2D eigenvalue weighted by molar-refractivity contribution is -0.136. The summed E-state index contributed by atoms with van der Waals surface area (Å²) in [5, 5.41) is 11.2. The van der Waals surface area contributed by atoms with Gasteiger partial charge in [0.2, 0.25) is 0 Å². The van der Waals surface area contributed by atoms with E-state index >= 15 is 0 Å². The molecule has 2 nitrogen and oxygen atoms in total. The van der Waals surface area contributed by atoms with Crippen molar-refractivity contribution >= 4 is 16.7 Å². The number of carbonyl (C=O) groups is 1. The fourth-order valence-corrected chi connectivity index (χ4v) is 2.74. The maximum absolute atomic E-state index is 11.0. The van der Waals surface area contributed by atoms with Crippen molar-refractivity contribution in [3.8, 4) is 11.1 Å². The van der Waals surface area contributed by atoms with Gasteiger partial charge in [-0.1, -0.05) is 66.2 Å². The van der Waals surface area contributed by atoms with Crippen molar-refractivity contribution in [1.29, 1.82) is 0 Å². The van der Waals surface area contributed by atoms with Gasteiger partial charge >= 0.3 is 5.97 Å². The van der Waals surface area contributed by atoms with Crippen LogP contribution in [0.15, 0.2) is 60.7 Å². The van der Waals surface area contributed by atoms with Gasteiger partial charge in [0, 0.05) is 0 Å². The number of benzene rings is 3. The van der Waals surface area contributed by atoms with Gasteiger partial charge in [0.15, 0.2) is 0 Å². The SMILES string of the molecule is Cc1cccc(-c2ccc(CC(=O)O)c3ccccc23)c1. The van der Waals surface area contributed by atoms with Crippen LogP contribution >= 0.6 is 0 Å². The summed E-state index contributed by atoms with van der Waals surface area (Å²) in [6.45, 7) is 2.07. The molecule has 104 valence electrons. The molecule has 0 heterocycles. The van der Waals surface area contributed by atoms with E-state index in [0.29, 0.717) is 0 Å². The second-order valence-electron chi connectivity index (χ2n) is 5.26. The first-order valence-electron chi connectivity index (χ1n) is 6.94. The Hall–Kier alpha value is -2.61. The van der Waals surface area contributed by atoms with Crippen molar-refractivity contribution in [2.75, 3.05) is 0 Å². The summed E-state index contributed by atoms with van der Waals surface area (Å²) in [7, 11) is 0. The Morgan fingerprint density at radius 2 is 1.71 bits per heavy atom. The summed E-state index contributed by atoms with van der Waals surface area (Å²) < 4.78 is 0. The highest BCUT2D eigenvalue weighted by atomic mass is 16.4. The summed E-state index contributed by atoms with van der Waals surface area (Å²) in [5.41, 5.74) is 4.37. The zero-order valence-electron chi connectivity index (χ0n) is 11.8. The van der Waals surface area contributed by atoms with Crippen molar-refractivity contribution in [1.82, 2.24) is 0 Å². The minimum Gasteiger partial charge on any atom is -0.481 e.